The summed E-state index contributed by atoms with van der Waals surface area (Å²) < 4.78 is 11.8. The van der Waals surface area contributed by atoms with Crippen LogP contribution in [0, 0.1) is 17.8 Å². The van der Waals surface area contributed by atoms with Crippen molar-refractivity contribution in [3.8, 4) is 11.5 Å². The Labute approximate surface area is 173 Å². The summed E-state index contributed by atoms with van der Waals surface area (Å²) in [5, 5.41) is 3.86. The highest BCUT2D eigenvalue weighted by Crippen LogP contribution is 2.50. The Morgan fingerprint density at radius 1 is 0.828 bits per heavy atom. The second kappa shape index (κ2) is 8.58. The molecule has 1 aliphatic carbocycles. The van der Waals surface area contributed by atoms with Crippen molar-refractivity contribution in [1.29, 1.82) is 0 Å². The molecule has 29 heavy (non-hydrogen) atoms. The first-order valence-electron chi connectivity index (χ1n) is 10.9. The summed E-state index contributed by atoms with van der Waals surface area (Å²) in [6, 6.07) is 16.2. The van der Waals surface area contributed by atoms with E-state index in [0.717, 1.165) is 35.5 Å². The first-order chi connectivity index (χ1) is 14.1. The first kappa shape index (κ1) is 20.0. The van der Waals surface area contributed by atoms with Crippen LogP contribution in [0.25, 0.3) is 0 Å². The predicted octanol–water partition coefficient (Wildman–Crippen LogP) is 5.10. The highest BCUT2D eigenvalue weighted by Gasteiger charge is 2.49. The van der Waals surface area contributed by atoms with Crippen molar-refractivity contribution in [2.45, 2.75) is 45.7 Å². The van der Waals surface area contributed by atoms with Crippen LogP contribution >= 0.6 is 0 Å². The number of fused-ring (bicyclic) bond motifs is 2. The zero-order valence-electron chi connectivity index (χ0n) is 17.6. The Morgan fingerprint density at radius 2 is 1.28 bits per heavy atom. The van der Waals surface area contributed by atoms with E-state index < -0.39 is 0 Å². The SMILES string of the molecule is CCOc1ccccc1[C@H]1N[C@@H](c2ccccc2OCC)[C@H]2CC(C)C[C@@H]1C2=O. The van der Waals surface area contributed by atoms with E-state index >= 15 is 0 Å². The molecule has 154 valence electrons. The maximum absolute atomic E-state index is 13.5. The molecule has 2 aliphatic rings. The Morgan fingerprint density at radius 3 is 1.72 bits per heavy atom. The summed E-state index contributed by atoms with van der Waals surface area (Å²) in [7, 11) is 0. The van der Waals surface area contributed by atoms with Crippen LogP contribution in [-0.2, 0) is 4.79 Å². The molecule has 1 heterocycles. The Bertz CT molecular complexity index is 797. The van der Waals surface area contributed by atoms with E-state index in [-0.39, 0.29) is 23.9 Å². The third-order valence-corrected chi connectivity index (χ3v) is 6.32. The molecule has 0 radical (unpaired) electrons. The fourth-order valence-corrected chi connectivity index (χ4v) is 5.16. The largest absolute Gasteiger partial charge is 0.494 e. The maximum atomic E-state index is 13.5. The normalized spacial score (nSPS) is 28.8. The van der Waals surface area contributed by atoms with Crippen LogP contribution in [0.15, 0.2) is 48.5 Å². The van der Waals surface area contributed by atoms with E-state index in [1.54, 1.807) is 0 Å². The monoisotopic (exact) mass is 393 g/mol. The van der Waals surface area contributed by atoms with E-state index in [9.17, 15) is 4.79 Å². The number of nitrogens with one attached hydrogen (secondary N) is 1. The van der Waals surface area contributed by atoms with Crippen LogP contribution in [0.2, 0.25) is 0 Å². The summed E-state index contributed by atoms with van der Waals surface area (Å²) in [4.78, 5) is 13.5. The van der Waals surface area contributed by atoms with E-state index in [2.05, 4.69) is 24.4 Å². The Balaban J connectivity index is 1.78. The zero-order chi connectivity index (χ0) is 20.4. The van der Waals surface area contributed by atoms with Gasteiger partial charge in [-0.25, -0.2) is 0 Å². The van der Waals surface area contributed by atoms with Gasteiger partial charge in [-0.05, 0) is 44.7 Å². The average Bonchev–Trinajstić information content (AvgIpc) is 2.72. The molecule has 0 aromatic heterocycles. The number of para-hydroxylation sites is 2. The highest BCUT2D eigenvalue weighted by atomic mass is 16.5. The number of carbonyl (C=O) groups is 1. The summed E-state index contributed by atoms with van der Waals surface area (Å²) in [6.07, 6.45) is 1.85. The molecular formula is C25H31NO3. The van der Waals surface area contributed by atoms with Crippen LogP contribution in [0.5, 0.6) is 11.5 Å². The van der Waals surface area contributed by atoms with Crippen molar-refractivity contribution >= 4 is 5.78 Å². The molecule has 1 N–H and O–H groups in total. The minimum Gasteiger partial charge on any atom is -0.494 e. The van der Waals surface area contributed by atoms with E-state index in [1.165, 1.54) is 0 Å². The van der Waals surface area contributed by atoms with Gasteiger partial charge in [0.15, 0.2) is 0 Å². The van der Waals surface area contributed by atoms with Crippen LogP contribution in [0.3, 0.4) is 0 Å². The van der Waals surface area contributed by atoms with Crippen molar-refractivity contribution in [2.24, 2.45) is 17.8 Å². The zero-order valence-corrected chi connectivity index (χ0v) is 17.6. The summed E-state index contributed by atoms with van der Waals surface area (Å²) in [5.74, 6) is 2.62. The van der Waals surface area contributed by atoms with Gasteiger partial charge in [-0.1, -0.05) is 43.3 Å². The third kappa shape index (κ3) is 3.78. The van der Waals surface area contributed by atoms with E-state index in [4.69, 9.17) is 9.47 Å². The van der Waals surface area contributed by atoms with Gasteiger partial charge >= 0.3 is 0 Å². The predicted molar refractivity (Wildman–Crippen MR) is 114 cm³/mol. The van der Waals surface area contributed by atoms with Crippen molar-refractivity contribution in [2.75, 3.05) is 13.2 Å². The molecule has 0 amide bonds. The van der Waals surface area contributed by atoms with Crippen LogP contribution < -0.4 is 14.8 Å². The second-order valence-corrected chi connectivity index (χ2v) is 8.26. The van der Waals surface area contributed by atoms with Gasteiger partial charge in [0.25, 0.3) is 0 Å². The number of benzene rings is 2. The summed E-state index contributed by atoms with van der Waals surface area (Å²) >= 11 is 0. The molecule has 2 aromatic carbocycles. The topological polar surface area (TPSA) is 47.6 Å². The Hall–Kier alpha value is -2.33. The minimum absolute atomic E-state index is 0.0131. The minimum atomic E-state index is -0.0519. The summed E-state index contributed by atoms with van der Waals surface area (Å²) in [6.45, 7) is 7.48. The smallest absolute Gasteiger partial charge is 0.142 e. The van der Waals surface area contributed by atoms with Gasteiger partial charge in [-0.3, -0.25) is 4.79 Å². The van der Waals surface area contributed by atoms with Crippen molar-refractivity contribution in [1.82, 2.24) is 5.32 Å². The lowest BCUT2D eigenvalue weighted by Gasteiger charge is -2.47. The molecule has 2 aromatic rings. The molecule has 1 saturated heterocycles. The van der Waals surface area contributed by atoms with Gasteiger partial charge in [-0.2, -0.15) is 0 Å². The number of carbonyl (C=O) groups excluding carboxylic acids is 1. The van der Waals surface area contributed by atoms with Gasteiger partial charge in [0.1, 0.15) is 17.3 Å². The number of piperidine rings is 1. The van der Waals surface area contributed by atoms with E-state index in [1.807, 2.05) is 50.2 Å². The number of rotatable bonds is 6. The van der Waals surface area contributed by atoms with Crippen LogP contribution in [0.1, 0.15) is 56.8 Å². The van der Waals surface area contributed by atoms with Crippen molar-refractivity contribution in [3.63, 3.8) is 0 Å². The van der Waals surface area contributed by atoms with E-state index in [0.29, 0.717) is 24.9 Å². The van der Waals surface area contributed by atoms with Crippen molar-refractivity contribution in [3.05, 3.63) is 59.7 Å². The molecule has 2 bridgehead atoms. The van der Waals surface area contributed by atoms with Gasteiger partial charge in [0, 0.05) is 35.0 Å². The number of ether oxygens (including phenoxy) is 2. The molecule has 1 saturated carbocycles. The van der Waals surface area contributed by atoms with Crippen LogP contribution in [0.4, 0.5) is 0 Å². The molecule has 1 aliphatic heterocycles. The fourth-order valence-electron chi connectivity index (χ4n) is 5.16. The van der Waals surface area contributed by atoms with Gasteiger partial charge in [-0.15, -0.1) is 0 Å². The lowest BCUT2D eigenvalue weighted by Crippen LogP contribution is -2.52. The average molecular weight is 394 g/mol. The molecule has 4 heteroatoms. The van der Waals surface area contributed by atoms with Gasteiger partial charge in [0.2, 0.25) is 0 Å². The number of hydrogen-bond acceptors (Lipinski definition) is 4. The van der Waals surface area contributed by atoms with Gasteiger partial charge in [0.05, 0.1) is 13.2 Å². The first-order valence-corrected chi connectivity index (χ1v) is 10.9. The molecule has 4 rings (SSSR count). The molecular weight excluding hydrogens is 362 g/mol. The lowest BCUT2D eigenvalue weighted by molar-refractivity contribution is -0.137. The second-order valence-electron chi connectivity index (χ2n) is 8.26. The Kier molecular flexibility index (Phi) is 5.91. The lowest BCUT2D eigenvalue weighted by atomic mass is 9.64. The standard InChI is InChI=1S/C25H31NO3/c1-4-28-21-12-8-6-10-17(21)23-19-14-16(3)15-20(25(19)27)24(26-23)18-11-7-9-13-22(18)29-5-2/h6-13,16,19-20,23-24,26H,4-5,14-15H2,1-3H3/t16?,19-,20+,23+,24-. The quantitative estimate of drug-likeness (QED) is 0.742. The fraction of sp³-hybridized carbons (Fsp3) is 0.480. The molecule has 1 unspecified atom stereocenters. The van der Waals surface area contributed by atoms with Crippen LogP contribution in [-0.4, -0.2) is 19.0 Å². The maximum Gasteiger partial charge on any atom is 0.142 e. The molecule has 0 spiro atoms. The molecule has 5 atom stereocenters. The highest BCUT2D eigenvalue weighted by molar-refractivity contribution is 5.87. The number of ketones is 1. The van der Waals surface area contributed by atoms with Gasteiger partial charge < -0.3 is 14.8 Å². The third-order valence-electron chi connectivity index (χ3n) is 6.32. The number of hydrogen-bond donors (Lipinski definition) is 1. The molecule has 2 fully saturated rings. The molecule has 4 nitrogen and oxygen atoms in total. The summed E-state index contributed by atoms with van der Waals surface area (Å²) in [5.41, 5.74) is 2.17. The number of Topliss-reactive ketones (excluding diaryl/α,β-unsaturated/α-hetero) is 1. The van der Waals surface area contributed by atoms with Crippen molar-refractivity contribution < 1.29 is 14.3 Å².